The first kappa shape index (κ1) is 31.3. The highest BCUT2D eigenvalue weighted by Gasteiger charge is 2.42. The second-order valence-corrected chi connectivity index (χ2v) is 14.0. The van der Waals surface area contributed by atoms with Gasteiger partial charge in [-0.2, -0.15) is 0 Å². The van der Waals surface area contributed by atoms with Crippen LogP contribution in [0, 0.1) is 0 Å². The number of methoxy groups -OCH3 is 1. The van der Waals surface area contributed by atoms with Gasteiger partial charge >= 0.3 is 6.03 Å². The van der Waals surface area contributed by atoms with E-state index in [2.05, 4.69) is 89.5 Å². The third-order valence-corrected chi connectivity index (χ3v) is 10.9. The SMILES string of the molecule is COC1CCC(N2NC=C3C2=CN(c2ccc(NC(=O)Nc4ccc(N5CCN(C)CC5)cc4)cc2)CN3N2CC3CCC(C2)O3)CC1. The number of fused-ring (bicyclic) bond motifs is 3. The zero-order valence-corrected chi connectivity index (χ0v) is 28.2. The molecule has 2 amide bonds. The zero-order chi connectivity index (χ0) is 32.6. The quantitative estimate of drug-likeness (QED) is 0.399. The fraction of sp³-hybridized carbons (Fsp3) is 0.528. The second-order valence-electron chi connectivity index (χ2n) is 14.0. The Bertz CT molecular complexity index is 1490. The summed E-state index contributed by atoms with van der Waals surface area (Å²) in [6.07, 6.45) is 12.0. The zero-order valence-electron chi connectivity index (χ0n) is 28.2. The van der Waals surface area contributed by atoms with Crippen molar-refractivity contribution in [3.63, 3.8) is 0 Å². The lowest BCUT2D eigenvalue weighted by Crippen LogP contribution is -2.56. The molecule has 48 heavy (non-hydrogen) atoms. The number of carbonyl (C=O) groups is 1. The fourth-order valence-corrected chi connectivity index (χ4v) is 8.02. The van der Waals surface area contributed by atoms with Gasteiger partial charge in [-0.25, -0.2) is 9.80 Å². The van der Waals surface area contributed by atoms with Crippen molar-refractivity contribution in [2.45, 2.75) is 62.9 Å². The summed E-state index contributed by atoms with van der Waals surface area (Å²) in [5.74, 6) is 0. The third kappa shape index (κ3) is 6.54. The lowest BCUT2D eigenvalue weighted by Gasteiger charge is -2.47. The summed E-state index contributed by atoms with van der Waals surface area (Å²) in [7, 11) is 3.99. The average molecular weight is 656 g/mol. The lowest BCUT2D eigenvalue weighted by atomic mass is 9.92. The first-order chi connectivity index (χ1) is 23.5. The van der Waals surface area contributed by atoms with E-state index in [1.807, 2.05) is 31.4 Å². The van der Waals surface area contributed by atoms with Gasteiger partial charge in [0.1, 0.15) is 12.4 Å². The summed E-state index contributed by atoms with van der Waals surface area (Å²) < 4.78 is 11.9. The summed E-state index contributed by atoms with van der Waals surface area (Å²) in [5, 5.41) is 13.3. The van der Waals surface area contributed by atoms with Gasteiger partial charge in [-0.1, -0.05) is 0 Å². The highest BCUT2D eigenvalue weighted by molar-refractivity contribution is 5.99. The number of nitrogens with one attached hydrogen (secondary N) is 3. The number of hydrogen-bond donors (Lipinski definition) is 3. The predicted molar refractivity (Wildman–Crippen MR) is 188 cm³/mol. The Morgan fingerprint density at radius 1 is 0.812 bits per heavy atom. The first-order valence-corrected chi connectivity index (χ1v) is 17.7. The molecule has 2 bridgehead atoms. The average Bonchev–Trinajstić information content (AvgIpc) is 3.70. The van der Waals surface area contributed by atoms with E-state index >= 15 is 0 Å². The molecule has 5 heterocycles. The van der Waals surface area contributed by atoms with E-state index in [-0.39, 0.29) is 6.03 Å². The van der Waals surface area contributed by atoms with Crippen molar-refractivity contribution in [3.8, 4) is 0 Å². The minimum absolute atomic E-state index is 0.256. The van der Waals surface area contributed by atoms with Crippen molar-refractivity contribution >= 4 is 28.8 Å². The Kier molecular flexibility index (Phi) is 8.81. The number of ether oxygens (including phenoxy) is 2. The van der Waals surface area contributed by atoms with Gasteiger partial charge in [-0.05, 0) is 94.1 Å². The molecule has 12 nitrogen and oxygen atoms in total. The molecule has 4 fully saturated rings. The molecule has 1 aliphatic carbocycles. The van der Waals surface area contributed by atoms with E-state index in [9.17, 15) is 4.79 Å². The van der Waals surface area contributed by atoms with Gasteiger partial charge in [0, 0.05) is 81.5 Å². The van der Waals surface area contributed by atoms with E-state index in [1.54, 1.807) is 0 Å². The molecule has 8 rings (SSSR count). The number of hydrazine groups is 2. The maximum atomic E-state index is 12.9. The van der Waals surface area contributed by atoms with Crippen LogP contribution in [-0.4, -0.2) is 110 Å². The number of amides is 2. The van der Waals surface area contributed by atoms with Gasteiger partial charge in [0.15, 0.2) is 0 Å². The predicted octanol–water partition coefficient (Wildman–Crippen LogP) is 4.40. The van der Waals surface area contributed by atoms with E-state index in [4.69, 9.17) is 9.47 Å². The molecule has 1 saturated carbocycles. The van der Waals surface area contributed by atoms with Crippen LogP contribution in [0.1, 0.15) is 38.5 Å². The van der Waals surface area contributed by atoms with Crippen molar-refractivity contribution in [1.82, 2.24) is 25.4 Å². The summed E-state index contributed by atoms with van der Waals surface area (Å²) >= 11 is 0. The second kappa shape index (κ2) is 13.5. The number of carbonyl (C=O) groups excluding carboxylic acids is 1. The minimum atomic E-state index is -0.256. The number of hydrogen-bond acceptors (Lipinski definition) is 10. The molecule has 5 aliphatic heterocycles. The number of urea groups is 1. The molecule has 2 aromatic rings. The monoisotopic (exact) mass is 655 g/mol. The van der Waals surface area contributed by atoms with Crippen LogP contribution < -0.4 is 25.9 Å². The molecule has 0 aromatic heterocycles. The van der Waals surface area contributed by atoms with E-state index < -0.39 is 0 Å². The normalized spacial score (nSPS) is 27.7. The summed E-state index contributed by atoms with van der Waals surface area (Å²) in [4.78, 5) is 20.0. The maximum Gasteiger partial charge on any atom is 0.323 e. The molecule has 3 saturated heterocycles. The fourth-order valence-electron chi connectivity index (χ4n) is 8.02. The van der Waals surface area contributed by atoms with Crippen LogP contribution in [0.3, 0.4) is 0 Å². The summed E-state index contributed by atoms with van der Waals surface area (Å²) in [5.41, 5.74) is 9.82. The minimum Gasteiger partial charge on any atom is -0.381 e. The van der Waals surface area contributed by atoms with Crippen molar-refractivity contribution in [1.29, 1.82) is 0 Å². The first-order valence-electron chi connectivity index (χ1n) is 17.7. The van der Waals surface area contributed by atoms with Crippen molar-refractivity contribution < 1.29 is 14.3 Å². The summed E-state index contributed by atoms with van der Waals surface area (Å²) in [6.45, 7) is 6.68. The molecular weight excluding hydrogens is 606 g/mol. The van der Waals surface area contributed by atoms with Crippen LogP contribution in [0.2, 0.25) is 0 Å². The molecule has 2 atom stereocenters. The molecule has 256 valence electrons. The van der Waals surface area contributed by atoms with Gasteiger partial charge in [0.05, 0.1) is 30.1 Å². The number of benzene rings is 2. The van der Waals surface area contributed by atoms with Crippen LogP contribution in [0.4, 0.5) is 27.5 Å². The topological polar surface area (TPSA) is 91.1 Å². The van der Waals surface area contributed by atoms with Crippen LogP contribution in [0.5, 0.6) is 0 Å². The summed E-state index contributed by atoms with van der Waals surface area (Å²) in [6, 6.07) is 16.4. The van der Waals surface area contributed by atoms with E-state index in [0.29, 0.717) is 31.0 Å². The lowest BCUT2D eigenvalue weighted by molar-refractivity contribution is -0.115. The molecule has 3 N–H and O–H groups in total. The standard InChI is InChI=1S/C36H49N9O3/c1-40-17-19-41(20-18-40)28-7-3-26(4-8-28)38-36(46)39-27-5-9-29(10-6-27)42-24-35-34(21-37-45(35)30-11-13-31(47-2)14-12-30)44(25-42)43-22-32-15-16-33(23-43)48-32/h3-10,21,24,30-33,37H,11-20,22-23,25H2,1-2H3,(H2,38,39,46). The Hall–Kier alpha value is -3.97. The van der Waals surface area contributed by atoms with Crippen LogP contribution >= 0.6 is 0 Å². The number of anilines is 4. The number of piperazine rings is 1. The number of morpholine rings is 1. The van der Waals surface area contributed by atoms with Gasteiger partial charge in [-0.3, -0.25) is 10.0 Å². The Morgan fingerprint density at radius 2 is 1.44 bits per heavy atom. The highest BCUT2D eigenvalue weighted by Crippen LogP contribution is 2.38. The van der Waals surface area contributed by atoms with Crippen molar-refractivity contribution in [2.75, 3.05) is 80.5 Å². The largest absolute Gasteiger partial charge is 0.381 e. The van der Waals surface area contributed by atoms with E-state index in [0.717, 1.165) is 94.9 Å². The van der Waals surface area contributed by atoms with Gasteiger partial charge < -0.3 is 40.2 Å². The van der Waals surface area contributed by atoms with Gasteiger partial charge in [0.2, 0.25) is 0 Å². The smallest absolute Gasteiger partial charge is 0.323 e. The maximum absolute atomic E-state index is 12.9. The molecule has 12 heteroatoms. The van der Waals surface area contributed by atoms with Crippen LogP contribution in [-0.2, 0) is 9.47 Å². The van der Waals surface area contributed by atoms with Gasteiger partial charge in [-0.15, -0.1) is 0 Å². The van der Waals surface area contributed by atoms with Crippen molar-refractivity contribution in [3.05, 3.63) is 72.3 Å². The molecule has 0 spiro atoms. The Morgan fingerprint density at radius 3 is 2.06 bits per heavy atom. The van der Waals surface area contributed by atoms with Crippen molar-refractivity contribution in [2.24, 2.45) is 0 Å². The highest BCUT2D eigenvalue weighted by atomic mass is 16.5. The number of rotatable bonds is 7. The molecule has 0 radical (unpaired) electrons. The number of likely N-dealkylation sites (N-methyl/N-ethyl adjacent to an activating group) is 1. The van der Waals surface area contributed by atoms with Crippen LogP contribution in [0.15, 0.2) is 72.3 Å². The third-order valence-electron chi connectivity index (χ3n) is 10.9. The van der Waals surface area contributed by atoms with E-state index in [1.165, 1.54) is 17.1 Å². The molecule has 2 unspecified atom stereocenters. The van der Waals surface area contributed by atoms with Gasteiger partial charge in [0.25, 0.3) is 0 Å². The number of nitrogens with zero attached hydrogens (tertiary/aromatic N) is 6. The molecule has 6 aliphatic rings. The molecule has 2 aromatic carbocycles. The van der Waals surface area contributed by atoms with Crippen LogP contribution in [0.25, 0.3) is 0 Å². The Balaban J connectivity index is 0.944. The molecular formula is C36H49N9O3. The Labute approximate surface area is 283 Å².